The van der Waals surface area contributed by atoms with E-state index in [9.17, 15) is 4.79 Å². The van der Waals surface area contributed by atoms with E-state index in [0.29, 0.717) is 31.0 Å². The van der Waals surface area contributed by atoms with E-state index in [-0.39, 0.29) is 5.91 Å². The lowest BCUT2D eigenvalue weighted by atomic mass is 10.1. The van der Waals surface area contributed by atoms with Crippen molar-refractivity contribution < 1.29 is 9.53 Å². The molecule has 0 aliphatic carbocycles. The molecule has 33 heavy (non-hydrogen) atoms. The van der Waals surface area contributed by atoms with Crippen LogP contribution < -0.4 is 10.1 Å². The second-order valence-electron chi connectivity index (χ2n) is 8.19. The molecule has 1 aliphatic rings. The van der Waals surface area contributed by atoms with E-state index < -0.39 is 0 Å². The van der Waals surface area contributed by atoms with Gasteiger partial charge in [-0.05, 0) is 24.1 Å². The molecule has 3 aromatic heterocycles. The van der Waals surface area contributed by atoms with Gasteiger partial charge in [-0.3, -0.25) is 14.2 Å². The number of nitrogens with one attached hydrogen (secondary N) is 1. The summed E-state index contributed by atoms with van der Waals surface area (Å²) >= 11 is 0. The van der Waals surface area contributed by atoms with Gasteiger partial charge in [0.1, 0.15) is 12.1 Å². The molecule has 9 nitrogen and oxygen atoms in total. The fourth-order valence-electron chi connectivity index (χ4n) is 3.98. The number of hydrogen-bond acceptors (Lipinski definition) is 7. The van der Waals surface area contributed by atoms with Gasteiger partial charge in [0.2, 0.25) is 11.9 Å². The van der Waals surface area contributed by atoms with Gasteiger partial charge in [-0.25, -0.2) is 4.98 Å². The number of nitrogens with zero attached hydrogens (tertiary/aromatic N) is 6. The number of anilines is 1. The summed E-state index contributed by atoms with van der Waals surface area (Å²) in [7, 11) is 3.52. The predicted molar refractivity (Wildman–Crippen MR) is 124 cm³/mol. The maximum atomic E-state index is 11.8. The number of aromatic nitrogens is 5. The number of amides is 1. The van der Waals surface area contributed by atoms with Gasteiger partial charge < -0.3 is 15.0 Å². The second kappa shape index (κ2) is 8.85. The zero-order valence-electron chi connectivity index (χ0n) is 18.7. The van der Waals surface area contributed by atoms with Gasteiger partial charge in [-0.2, -0.15) is 0 Å². The van der Waals surface area contributed by atoms with E-state index in [0.717, 1.165) is 35.6 Å². The molecule has 1 amide bonds. The fraction of sp³-hybridized carbons (Fsp3) is 0.292. The van der Waals surface area contributed by atoms with Crippen LogP contribution in [0.4, 0.5) is 5.95 Å². The van der Waals surface area contributed by atoms with E-state index in [1.54, 1.807) is 37.7 Å². The van der Waals surface area contributed by atoms with Crippen LogP contribution in [-0.2, 0) is 24.2 Å². The highest BCUT2D eigenvalue weighted by Gasteiger charge is 2.17. The standard InChI is InChI=1S/C24H25N7O2/c1-30(2)22(32)9-8-18-7-6-17(12-25-18)20-14-27-24(31-15-28-29-23(20)31)26-13-16-4-3-5-21-19(16)10-11-33-21/h3-7,12,14-15H,8-11,13H2,1-2H3,(H,26,27). The van der Waals surface area contributed by atoms with Crippen LogP contribution in [0.25, 0.3) is 16.8 Å². The van der Waals surface area contributed by atoms with E-state index in [4.69, 9.17) is 4.74 Å². The molecule has 1 aromatic carbocycles. The molecule has 4 heterocycles. The largest absolute Gasteiger partial charge is 0.493 e. The van der Waals surface area contributed by atoms with Crippen LogP contribution >= 0.6 is 0 Å². The van der Waals surface area contributed by atoms with Gasteiger partial charge >= 0.3 is 0 Å². The molecule has 168 valence electrons. The summed E-state index contributed by atoms with van der Waals surface area (Å²) in [5.74, 6) is 1.72. The van der Waals surface area contributed by atoms with Gasteiger partial charge in [-0.1, -0.05) is 18.2 Å². The molecule has 0 saturated carbocycles. The highest BCUT2D eigenvalue weighted by Crippen LogP contribution is 2.29. The highest BCUT2D eigenvalue weighted by atomic mass is 16.5. The van der Waals surface area contributed by atoms with Gasteiger partial charge in [0.25, 0.3) is 0 Å². The second-order valence-corrected chi connectivity index (χ2v) is 8.19. The molecule has 5 rings (SSSR count). The van der Waals surface area contributed by atoms with Crippen molar-refractivity contribution in [1.82, 2.24) is 29.5 Å². The summed E-state index contributed by atoms with van der Waals surface area (Å²) in [5.41, 5.74) is 5.76. The number of fused-ring (bicyclic) bond motifs is 2. The summed E-state index contributed by atoms with van der Waals surface area (Å²) < 4.78 is 7.51. The van der Waals surface area contributed by atoms with Crippen molar-refractivity contribution in [1.29, 1.82) is 0 Å². The Hall–Kier alpha value is -4.01. The molecule has 1 N–H and O–H groups in total. The Morgan fingerprint density at radius 3 is 2.91 bits per heavy atom. The number of pyridine rings is 1. The zero-order valence-corrected chi connectivity index (χ0v) is 18.7. The third-order valence-electron chi connectivity index (χ3n) is 5.84. The van der Waals surface area contributed by atoms with E-state index in [1.165, 1.54) is 11.1 Å². The third-order valence-corrected chi connectivity index (χ3v) is 5.84. The first kappa shape index (κ1) is 20.9. The molecule has 0 saturated heterocycles. The molecule has 0 fully saturated rings. The Labute approximate surface area is 191 Å². The average Bonchev–Trinajstić information content (AvgIpc) is 3.51. The van der Waals surface area contributed by atoms with Crippen molar-refractivity contribution >= 4 is 17.5 Å². The van der Waals surface area contributed by atoms with Gasteiger partial charge in [0, 0.05) is 68.3 Å². The first-order chi connectivity index (χ1) is 16.1. The predicted octanol–water partition coefficient (Wildman–Crippen LogP) is 2.75. The van der Waals surface area contributed by atoms with Crippen LogP contribution in [0.1, 0.15) is 23.2 Å². The number of carbonyl (C=O) groups excluding carboxylic acids is 1. The number of hydrogen-bond donors (Lipinski definition) is 1. The van der Waals surface area contributed by atoms with E-state index in [2.05, 4.69) is 31.5 Å². The Morgan fingerprint density at radius 2 is 2.09 bits per heavy atom. The van der Waals surface area contributed by atoms with Crippen LogP contribution in [0, 0.1) is 0 Å². The topological polar surface area (TPSA) is 97.5 Å². The number of benzene rings is 1. The number of aryl methyl sites for hydroxylation is 1. The Morgan fingerprint density at radius 1 is 1.18 bits per heavy atom. The smallest absolute Gasteiger partial charge is 0.222 e. The zero-order chi connectivity index (χ0) is 22.8. The Balaban J connectivity index is 1.34. The third kappa shape index (κ3) is 4.21. The molecule has 0 atom stereocenters. The molecule has 9 heteroatoms. The monoisotopic (exact) mass is 443 g/mol. The normalized spacial score (nSPS) is 12.4. The lowest BCUT2D eigenvalue weighted by molar-refractivity contribution is -0.128. The fourth-order valence-corrected chi connectivity index (χ4v) is 3.98. The molecule has 0 bridgehead atoms. The summed E-state index contributed by atoms with van der Waals surface area (Å²) in [6.45, 7) is 1.36. The summed E-state index contributed by atoms with van der Waals surface area (Å²) in [6, 6.07) is 10.1. The molecular weight excluding hydrogens is 418 g/mol. The number of ether oxygens (including phenoxy) is 1. The van der Waals surface area contributed by atoms with Crippen molar-refractivity contribution in [2.24, 2.45) is 0 Å². The molecule has 1 aliphatic heterocycles. The molecular formula is C24H25N7O2. The first-order valence-electron chi connectivity index (χ1n) is 10.9. The summed E-state index contributed by atoms with van der Waals surface area (Å²) in [5, 5.41) is 11.8. The van der Waals surface area contributed by atoms with Crippen molar-refractivity contribution in [3.8, 4) is 16.9 Å². The van der Waals surface area contributed by atoms with E-state index in [1.807, 2.05) is 28.7 Å². The molecule has 0 radical (unpaired) electrons. The SMILES string of the molecule is CN(C)C(=O)CCc1ccc(-c2cnc(NCc3cccc4c3CCO4)n3cnnc23)cn1. The van der Waals surface area contributed by atoms with Gasteiger partial charge in [-0.15, -0.1) is 10.2 Å². The van der Waals surface area contributed by atoms with Crippen molar-refractivity contribution in [2.75, 3.05) is 26.0 Å². The summed E-state index contributed by atoms with van der Waals surface area (Å²) in [6.07, 6.45) is 7.20. The van der Waals surface area contributed by atoms with Crippen LogP contribution in [0.2, 0.25) is 0 Å². The molecule has 0 unspecified atom stereocenters. The highest BCUT2D eigenvalue weighted by molar-refractivity contribution is 5.77. The average molecular weight is 444 g/mol. The lowest BCUT2D eigenvalue weighted by Gasteiger charge is -2.12. The van der Waals surface area contributed by atoms with Crippen LogP contribution in [0.15, 0.2) is 49.1 Å². The van der Waals surface area contributed by atoms with Crippen molar-refractivity contribution in [3.05, 3.63) is 65.9 Å². The van der Waals surface area contributed by atoms with Crippen LogP contribution in [0.5, 0.6) is 5.75 Å². The van der Waals surface area contributed by atoms with E-state index >= 15 is 0 Å². The van der Waals surface area contributed by atoms with Gasteiger partial charge in [0.15, 0.2) is 5.65 Å². The molecule has 0 spiro atoms. The minimum Gasteiger partial charge on any atom is -0.493 e. The quantitative estimate of drug-likeness (QED) is 0.469. The first-order valence-corrected chi connectivity index (χ1v) is 10.9. The minimum atomic E-state index is 0.0892. The van der Waals surface area contributed by atoms with Crippen LogP contribution in [-0.4, -0.2) is 56.1 Å². The maximum absolute atomic E-state index is 11.8. The molecule has 4 aromatic rings. The number of rotatable bonds is 7. The lowest BCUT2D eigenvalue weighted by Crippen LogP contribution is -2.21. The van der Waals surface area contributed by atoms with Crippen molar-refractivity contribution in [3.63, 3.8) is 0 Å². The maximum Gasteiger partial charge on any atom is 0.222 e. The Kier molecular flexibility index (Phi) is 5.60. The van der Waals surface area contributed by atoms with Gasteiger partial charge in [0.05, 0.1) is 6.61 Å². The van der Waals surface area contributed by atoms with Crippen LogP contribution in [0.3, 0.4) is 0 Å². The minimum absolute atomic E-state index is 0.0892. The Bertz CT molecular complexity index is 1300. The number of carbonyl (C=O) groups is 1. The van der Waals surface area contributed by atoms with Crippen molar-refractivity contribution in [2.45, 2.75) is 25.8 Å². The summed E-state index contributed by atoms with van der Waals surface area (Å²) in [4.78, 5) is 22.6.